The molecule has 2 atom stereocenters. The van der Waals surface area contributed by atoms with E-state index in [0.29, 0.717) is 6.54 Å². The number of rotatable bonds is 2. The van der Waals surface area contributed by atoms with E-state index < -0.39 is 6.10 Å². The van der Waals surface area contributed by atoms with E-state index in [9.17, 15) is 9.90 Å². The van der Waals surface area contributed by atoms with E-state index in [1.54, 1.807) is 0 Å². The highest BCUT2D eigenvalue weighted by Gasteiger charge is 2.32. The molecule has 1 fully saturated rings. The van der Waals surface area contributed by atoms with Crippen LogP contribution in [0.15, 0.2) is 0 Å². The number of alkyl halides is 1. The Hall–Kier alpha value is -0.320. The fraction of sp³-hybridized carbons (Fsp3) is 0.857. The van der Waals surface area contributed by atoms with Crippen molar-refractivity contribution in [1.29, 1.82) is 0 Å². The maximum atomic E-state index is 11.0. The van der Waals surface area contributed by atoms with Gasteiger partial charge in [-0.15, -0.1) is 11.6 Å². The standard InChI is InChI=1S/C7H12ClNO3/c8-1-7(12)9-2-5(4-10)6(11)3-9/h5-6,10-11H,1-4H2. The second-order valence-corrected chi connectivity index (χ2v) is 3.21. The third-order valence-electron chi connectivity index (χ3n) is 2.11. The van der Waals surface area contributed by atoms with Gasteiger partial charge in [0.05, 0.1) is 12.7 Å². The molecule has 2 unspecified atom stereocenters. The van der Waals surface area contributed by atoms with Crippen molar-refractivity contribution in [1.82, 2.24) is 4.90 Å². The molecule has 1 aliphatic rings. The lowest BCUT2D eigenvalue weighted by Crippen LogP contribution is -2.30. The van der Waals surface area contributed by atoms with Crippen LogP contribution in [-0.4, -0.2) is 52.7 Å². The summed E-state index contributed by atoms with van der Waals surface area (Å²) in [6.07, 6.45) is -0.609. The van der Waals surface area contributed by atoms with Gasteiger partial charge in [0.25, 0.3) is 0 Å². The van der Waals surface area contributed by atoms with Crippen molar-refractivity contribution in [3.05, 3.63) is 0 Å². The van der Waals surface area contributed by atoms with Crippen LogP contribution in [0, 0.1) is 5.92 Å². The normalized spacial score (nSPS) is 29.4. The minimum atomic E-state index is -0.609. The summed E-state index contributed by atoms with van der Waals surface area (Å²) in [7, 11) is 0. The molecule has 1 rings (SSSR count). The van der Waals surface area contributed by atoms with Crippen LogP contribution in [0.3, 0.4) is 0 Å². The zero-order valence-electron chi connectivity index (χ0n) is 6.61. The van der Waals surface area contributed by atoms with Gasteiger partial charge in [-0.3, -0.25) is 4.79 Å². The maximum absolute atomic E-state index is 11.0. The number of β-amino-alcohol motifs (C(OH)–C–C–N with tert-alkyl or cyclic N) is 1. The first-order valence-corrected chi connectivity index (χ1v) is 4.35. The van der Waals surface area contributed by atoms with E-state index in [4.69, 9.17) is 16.7 Å². The molecule has 70 valence electrons. The lowest BCUT2D eigenvalue weighted by molar-refractivity contribution is -0.127. The van der Waals surface area contributed by atoms with Crippen molar-refractivity contribution in [2.45, 2.75) is 6.10 Å². The summed E-state index contributed by atoms with van der Waals surface area (Å²) in [5.41, 5.74) is 0. The molecule has 4 nitrogen and oxygen atoms in total. The van der Waals surface area contributed by atoms with E-state index in [0.717, 1.165) is 0 Å². The number of likely N-dealkylation sites (tertiary alicyclic amines) is 1. The fourth-order valence-electron chi connectivity index (χ4n) is 1.32. The second-order valence-electron chi connectivity index (χ2n) is 2.94. The van der Waals surface area contributed by atoms with Gasteiger partial charge in [-0.25, -0.2) is 0 Å². The zero-order chi connectivity index (χ0) is 9.14. The lowest BCUT2D eigenvalue weighted by Gasteiger charge is -2.13. The number of hydrogen-bond donors (Lipinski definition) is 2. The topological polar surface area (TPSA) is 60.8 Å². The molecule has 1 heterocycles. The monoisotopic (exact) mass is 193 g/mol. The van der Waals surface area contributed by atoms with Crippen LogP contribution in [0.1, 0.15) is 0 Å². The highest BCUT2D eigenvalue weighted by atomic mass is 35.5. The summed E-state index contributed by atoms with van der Waals surface area (Å²) >= 11 is 5.34. The predicted octanol–water partition coefficient (Wildman–Crippen LogP) is -0.963. The Morgan fingerprint density at radius 3 is 2.67 bits per heavy atom. The summed E-state index contributed by atoms with van der Waals surface area (Å²) in [4.78, 5) is 12.5. The first kappa shape index (κ1) is 9.77. The van der Waals surface area contributed by atoms with Gasteiger partial charge in [0.1, 0.15) is 5.88 Å². The van der Waals surface area contributed by atoms with E-state index in [2.05, 4.69) is 0 Å². The van der Waals surface area contributed by atoms with Crippen LogP contribution in [0.4, 0.5) is 0 Å². The minimum Gasteiger partial charge on any atom is -0.396 e. The van der Waals surface area contributed by atoms with Gasteiger partial charge in [-0.05, 0) is 0 Å². The highest BCUT2D eigenvalue weighted by molar-refractivity contribution is 6.27. The smallest absolute Gasteiger partial charge is 0.237 e. The molecule has 0 aliphatic carbocycles. The zero-order valence-corrected chi connectivity index (χ0v) is 7.37. The van der Waals surface area contributed by atoms with Crippen molar-refractivity contribution < 1.29 is 15.0 Å². The summed E-state index contributed by atoms with van der Waals surface area (Å²) in [6, 6.07) is 0. The minimum absolute atomic E-state index is 0.0646. The number of nitrogens with zero attached hydrogens (tertiary/aromatic N) is 1. The Bertz CT molecular complexity index is 176. The van der Waals surface area contributed by atoms with Crippen LogP contribution in [0.25, 0.3) is 0 Å². The van der Waals surface area contributed by atoms with Gasteiger partial charge in [0.15, 0.2) is 0 Å². The molecule has 0 saturated carbocycles. The molecule has 1 amide bonds. The number of carbonyl (C=O) groups excluding carboxylic acids is 1. The SMILES string of the molecule is O=C(CCl)N1CC(O)C(CO)C1. The van der Waals surface area contributed by atoms with Crippen molar-refractivity contribution in [3.63, 3.8) is 0 Å². The summed E-state index contributed by atoms with van der Waals surface area (Å²) in [6.45, 7) is 0.604. The highest BCUT2D eigenvalue weighted by Crippen LogP contribution is 2.16. The number of halogens is 1. The van der Waals surface area contributed by atoms with E-state index in [-0.39, 0.29) is 30.9 Å². The molecule has 0 spiro atoms. The average Bonchev–Trinajstić information content (AvgIpc) is 2.45. The average molecular weight is 194 g/mol. The molecule has 0 bridgehead atoms. The van der Waals surface area contributed by atoms with Gasteiger partial charge in [-0.1, -0.05) is 0 Å². The Labute approximate surface area is 75.7 Å². The first-order valence-electron chi connectivity index (χ1n) is 3.81. The molecule has 1 aliphatic heterocycles. The lowest BCUT2D eigenvalue weighted by atomic mass is 10.1. The quantitative estimate of drug-likeness (QED) is 0.556. The molecule has 5 heteroatoms. The molecular weight excluding hydrogens is 182 g/mol. The van der Waals surface area contributed by atoms with Crippen LogP contribution in [0.2, 0.25) is 0 Å². The number of carbonyl (C=O) groups is 1. The molecule has 0 aromatic rings. The van der Waals surface area contributed by atoms with Crippen LogP contribution < -0.4 is 0 Å². The summed E-state index contributed by atoms with van der Waals surface area (Å²) in [5.74, 6) is -0.464. The van der Waals surface area contributed by atoms with Gasteiger partial charge in [0.2, 0.25) is 5.91 Å². The fourth-order valence-corrected chi connectivity index (χ4v) is 1.49. The third-order valence-corrected chi connectivity index (χ3v) is 2.34. The molecule has 0 aromatic heterocycles. The molecule has 0 radical (unpaired) electrons. The Morgan fingerprint density at radius 1 is 1.58 bits per heavy atom. The van der Waals surface area contributed by atoms with Gasteiger partial charge in [0, 0.05) is 19.0 Å². The van der Waals surface area contributed by atoms with Crippen molar-refractivity contribution in [3.8, 4) is 0 Å². The number of amides is 1. The van der Waals surface area contributed by atoms with E-state index in [1.807, 2.05) is 0 Å². The van der Waals surface area contributed by atoms with E-state index >= 15 is 0 Å². The van der Waals surface area contributed by atoms with Gasteiger partial charge in [-0.2, -0.15) is 0 Å². The van der Waals surface area contributed by atoms with Crippen LogP contribution in [-0.2, 0) is 4.79 Å². The molecule has 2 N–H and O–H groups in total. The van der Waals surface area contributed by atoms with Crippen LogP contribution in [0.5, 0.6) is 0 Å². The number of aliphatic hydroxyl groups excluding tert-OH is 2. The third kappa shape index (κ3) is 1.88. The van der Waals surface area contributed by atoms with E-state index in [1.165, 1.54) is 4.90 Å². The van der Waals surface area contributed by atoms with Gasteiger partial charge < -0.3 is 15.1 Å². The molecule has 1 saturated heterocycles. The second kappa shape index (κ2) is 4.07. The van der Waals surface area contributed by atoms with Crippen molar-refractivity contribution in [2.24, 2.45) is 5.92 Å². The largest absolute Gasteiger partial charge is 0.396 e. The molecule has 0 aromatic carbocycles. The predicted molar refractivity (Wildman–Crippen MR) is 43.9 cm³/mol. The summed E-state index contributed by atoms with van der Waals surface area (Å²) in [5, 5.41) is 18.1. The molecular formula is C7H12ClNO3. The van der Waals surface area contributed by atoms with Crippen molar-refractivity contribution in [2.75, 3.05) is 25.6 Å². The Balaban J connectivity index is 2.48. The van der Waals surface area contributed by atoms with Crippen molar-refractivity contribution >= 4 is 17.5 Å². The first-order chi connectivity index (χ1) is 5.69. The number of hydrogen-bond acceptors (Lipinski definition) is 3. The van der Waals surface area contributed by atoms with Crippen LogP contribution >= 0.6 is 11.6 Å². The molecule has 12 heavy (non-hydrogen) atoms. The Kier molecular flexibility index (Phi) is 3.31. The summed E-state index contributed by atoms with van der Waals surface area (Å²) < 4.78 is 0. The number of aliphatic hydroxyl groups is 2. The Morgan fingerprint density at radius 2 is 2.25 bits per heavy atom. The maximum Gasteiger partial charge on any atom is 0.237 e. The van der Waals surface area contributed by atoms with Gasteiger partial charge >= 0.3 is 0 Å².